The molecule has 0 aliphatic carbocycles. The molecule has 2 aliphatic heterocycles. The lowest BCUT2D eigenvalue weighted by molar-refractivity contribution is -0.909. The summed E-state index contributed by atoms with van der Waals surface area (Å²) in [5.41, 5.74) is 2.33. The number of aromatic amines is 1. The second-order valence-corrected chi connectivity index (χ2v) is 6.75. The Labute approximate surface area is 141 Å². The van der Waals surface area contributed by atoms with Crippen LogP contribution in [0.3, 0.4) is 0 Å². The Kier molecular flexibility index (Phi) is 3.76. The van der Waals surface area contributed by atoms with Gasteiger partial charge in [0, 0.05) is 12.8 Å². The topological polar surface area (TPSA) is 80.4 Å². The molecule has 3 heterocycles. The standard InChI is InChI=1S/C18H23N5O/c1-2-22-9-5-6-12(22)10-23-11-15(24)16(17(23)19)18-20-13-7-3-4-8-14(13)21-18/h3-4,7-8,12,19,24H,2,5-6,9-11H2,1H3,(H,20,21)/p+1/t12-/m0/s1. The molecule has 0 saturated carbocycles. The highest BCUT2D eigenvalue weighted by atomic mass is 16.3. The molecular weight excluding hydrogens is 302 g/mol. The molecule has 126 valence electrons. The van der Waals surface area contributed by atoms with Crippen LogP contribution in [0.4, 0.5) is 0 Å². The lowest BCUT2D eigenvalue weighted by Gasteiger charge is -2.26. The van der Waals surface area contributed by atoms with Crippen LogP contribution in [0.5, 0.6) is 0 Å². The number of para-hydroxylation sites is 2. The number of H-pyrrole nitrogens is 1. The van der Waals surface area contributed by atoms with E-state index in [0.717, 1.165) is 24.1 Å². The summed E-state index contributed by atoms with van der Waals surface area (Å²) in [6.07, 6.45) is 2.46. The molecule has 6 nitrogen and oxygen atoms in total. The fraction of sp³-hybridized carbons (Fsp3) is 0.444. The molecule has 0 amide bonds. The van der Waals surface area contributed by atoms with Crippen molar-refractivity contribution >= 4 is 22.4 Å². The van der Waals surface area contributed by atoms with Gasteiger partial charge in [0.05, 0.1) is 42.8 Å². The van der Waals surface area contributed by atoms with Gasteiger partial charge < -0.3 is 19.9 Å². The molecule has 0 radical (unpaired) electrons. The van der Waals surface area contributed by atoms with Crippen molar-refractivity contribution in [1.82, 2.24) is 14.9 Å². The summed E-state index contributed by atoms with van der Waals surface area (Å²) in [7, 11) is 0. The van der Waals surface area contributed by atoms with Gasteiger partial charge in [-0.15, -0.1) is 0 Å². The van der Waals surface area contributed by atoms with Crippen molar-refractivity contribution in [2.75, 3.05) is 26.2 Å². The summed E-state index contributed by atoms with van der Waals surface area (Å²) in [6, 6.07) is 8.34. The minimum Gasteiger partial charge on any atom is -0.510 e. The molecule has 0 spiro atoms. The van der Waals surface area contributed by atoms with Crippen LogP contribution in [-0.2, 0) is 0 Å². The van der Waals surface area contributed by atoms with Crippen LogP contribution in [0.25, 0.3) is 16.6 Å². The first-order chi connectivity index (χ1) is 11.7. The van der Waals surface area contributed by atoms with Crippen LogP contribution >= 0.6 is 0 Å². The SMILES string of the molecule is CC[NH+]1CCC[C@H]1CN1CC(O)=C(c2nc3ccccc3[nH]2)C1=N. The lowest BCUT2D eigenvalue weighted by Crippen LogP contribution is -3.14. The first-order valence-corrected chi connectivity index (χ1v) is 8.73. The molecule has 1 aromatic heterocycles. The van der Waals surface area contributed by atoms with Crippen LogP contribution in [0.15, 0.2) is 30.0 Å². The van der Waals surface area contributed by atoms with Crippen LogP contribution < -0.4 is 4.90 Å². The molecule has 2 aliphatic rings. The number of nitrogens with zero attached hydrogens (tertiary/aromatic N) is 2. The van der Waals surface area contributed by atoms with Gasteiger partial charge >= 0.3 is 0 Å². The van der Waals surface area contributed by atoms with Crippen molar-refractivity contribution in [2.45, 2.75) is 25.8 Å². The van der Waals surface area contributed by atoms with E-state index in [1.165, 1.54) is 19.4 Å². The Bertz CT molecular complexity index is 776. The number of imidazole rings is 1. The molecular formula is C18H24N5O+. The second-order valence-electron chi connectivity index (χ2n) is 6.75. The fourth-order valence-corrected chi connectivity index (χ4v) is 4.05. The van der Waals surface area contributed by atoms with E-state index in [-0.39, 0.29) is 5.76 Å². The predicted molar refractivity (Wildman–Crippen MR) is 94.3 cm³/mol. The number of aliphatic hydroxyl groups is 1. The number of quaternary nitrogens is 1. The predicted octanol–water partition coefficient (Wildman–Crippen LogP) is 1.19. The van der Waals surface area contributed by atoms with Gasteiger partial charge in [0.15, 0.2) is 0 Å². The summed E-state index contributed by atoms with van der Waals surface area (Å²) in [6.45, 7) is 5.81. The third-order valence-corrected chi connectivity index (χ3v) is 5.33. The number of likely N-dealkylation sites (N-methyl/N-ethyl adjacent to an activating group) is 1. The van der Waals surface area contributed by atoms with Crippen molar-refractivity contribution < 1.29 is 10.0 Å². The van der Waals surface area contributed by atoms with Crippen molar-refractivity contribution in [3.8, 4) is 0 Å². The monoisotopic (exact) mass is 326 g/mol. The number of amidine groups is 1. The number of benzene rings is 1. The van der Waals surface area contributed by atoms with Crippen LogP contribution in [-0.4, -0.2) is 58.0 Å². The van der Waals surface area contributed by atoms with Gasteiger partial charge in [-0.1, -0.05) is 12.1 Å². The molecule has 4 N–H and O–H groups in total. The van der Waals surface area contributed by atoms with Gasteiger partial charge in [0.2, 0.25) is 0 Å². The number of nitrogens with one attached hydrogen (secondary N) is 3. The van der Waals surface area contributed by atoms with E-state index in [0.29, 0.717) is 29.8 Å². The fourth-order valence-electron chi connectivity index (χ4n) is 4.05. The van der Waals surface area contributed by atoms with Crippen molar-refractivity contribution in [1.29, 1.82) is 5.41 Å². The van der Waals surface area contributed by atoms with Gasteiger partial charge in [-0.2, -0.15) is 0 Å². The number of likely N-dealkylation sites (tertiary alicyclic amines) is 1. The van der Waals surface area contributed by atoms with Gasteiger partial charge in [-0.25, -0.2) is 4.98 Å². The Morgan fingerprint density at radius 3 is 3.04 bits per heavy atom. The van der Waals surface area contributed by atoms with Crippen LogP contribution in [0.2, 0.25) is 0 Å². The number of aromatic nitrogens is 2. The van der Waals surface area contributed by atoms with E-state index in [4.69, 9.17) is 5.41 Å². The van der Waals surface area contributed by atoms with E-state index in [2.05, 4.69) is 16.9 Å². The van der Waals surface area contributed by atoms with Crippen LogP contribution in [0, 0.1) is 5.41 Å². The van der Waals surface area contributed by atoms with Gasteiger partial charge in [0.1, 0.15) is 23.5 Å². The summed E-state index contributed by atoms with van der Waals surface area (Å²) < 4.78 is 0. The van der Waals surface area contributed by atoms with E-state index in [1.807, 2.05) is 29.2 Å². The van der Waals surface area contributed by atoms with E-state index < -0.39 is 0 Å². The van der Waals surface area contributed by atoms with E-state index >= 15 is 0 Å². The Hall–Kier alpha value is -2.34. The average molecular weight is 326 g/mol. The van der Waals surface area contributed by atoms with Crippen molar-refractivity contribution in [3.63, 3.8) is 0 Å². The maximum Gasteiger partial charge on any atom is 0.145 e. The van der Waals surface area contributed by atoms with Gasteiger partial charge in [-0.3, -0.25) is 5.41 Å². The number of fused-ring (bicyclic) bond motifs is 1. The zero-order valence-electron chi connectivity index (χ0n) is 14.0. The molecule has 24 heavy (non-hydrogen) atoms. The number of hydrogen-bond acceptors (Lipinski definition) is 3. The highest BCUT2D eigenvalue weighted by molar-refractivity contribution is 6.23. The number of rotatable bonds is 4. The molecule has 1 aromatic carbocycles. The summed E-state index contributed by atoms with van der Waals surface area (Å²) in [5, 5.41) is 19.0. The minimum absolute atomic E-state index is 0.245. The summed E-state index contributed by atoms with van der Waals surface area (Å²) in [4.78, 5) is 11.4. The van der Waals surface area contributed by atoms with E-state index in [9.17, 15) is 5.11 Å². The molecule has 2 atom stereocenters. The normalized spacial score (nSPS) is 24.5. The van der Waals surface area contributed by atoms with Crippen molar-refractivity contribution in [3.05, 3.63) is 35.8 Å². The first-order valence-electron chi connectivity index (χ1n) is 8.73. The molecule has 4 rings (SSSR count). The molecule has 0 bridgehead atoms. The summed E-state index contributed by atoms with van der Waals surface area (Å²) >= 11 is 0. The Balaban J connectivity index is 1.56. The third kappa shape index (κ3) is 2.47. The second kappa shape index (κ2) is 5.94. The molecule has 1 unspecified atom stereocenters. The first kappa shape index (κ1) is 15.2. The highest BCUT2D eigenvalue weighted by Gasteiger charge is 2.35. The van der Waals surface area contributed by atoms with Crippen LogP contribution in [0.1, 0.15) is 25.6 Å². The third-order valence-electron chi connectivity index (χ3n) is 5.33. The van der Waals surface area contributed by atoms with E-state index in [1.54, 1.807) is 4.90 Å². The quantitative estimate of drug-likeness (QED) is 0.681. The van der Waals surface area contributed by atoms with Gasteiger partial charge in [-0.05, 0) is 19.1 Å². The molecule has 2 aromatic rings. The Morgan fingerprint density at radius 1 is 1.42 bits per heavy atom. The van der Waals surface area contributed by atoms with Gasteiger partial charge in [0.25, 0.3) is 0 Å². The molecule has 1 fully saturated rings. The zero-order valence-corrected chi connectivity index (χ0v) is 14.0. The minimum atomic E-state index is 0.245. The molecule has 1 saturated heterocycles. The van der Waals surface area contributed by atoms with Crippen molar-refractivity contribution in [2.24, 2.45) is 0 Å². The largest absolute Gasteiger partial charge is 0.510 e. The number of aliphatic hydroxyl groups excluding tert-OH is 1. The average Bonchev–Trinajstić information content (AvgIpc) is 3.25. The zero-order chi connectivity index (χ0) is 16.7. The highest BCUT2D eigenvalue weighted by Crippen LogP contribution is 2.27. The summed E-state index contributed by atoms with van der Waals surface area (Å²) in [5.74, 6) is 1.22. The molecule has 6 heteroatoms. The number of hydrogen-bond donors (Lipinski definition) is 4. The Morgan fingerprint density at radius 2 is 2.25 bits per heavy atom. The smallest absolute Gasteiger partial charge is 0.145 e. The maximum absolute atomic E-state index is 10.4. The lowest BCUT2D eigenvalue weighted by atomic mass is 10.2. The maximum atomic E-state index is 10.4.